The van der Waals surface area contributed by atoms with Gasteiger partial charge in [0.1, 0.15) is 0 Å². The highest BCUT2D eigenvalue weighted by molar-refractivity contribution is 5.67. The van der Waals surface area contributed by atoms with E-state index in [0.717, 1.165) is 31.9 Å². The number of fused-ring (bicyclic) bond motifs is 1. The SMILES string of the molecule is CCN(Cc1ccccc1)c1nncc(N2CCc3ccccc32)n1. The first-order chi connectivity index (χ1) is 12.3. The molecule has 0 saturated carbocycles. The van der Waals surface area contributed by atoms with Crippen LogP contribution in [0.2, 0.25) is 0 Å². The van der Waals surface area contributed by atoms with Gasteiger partial charge < -0.3 is 9.80 Å². The number of aromatic nitrogens is 3. The van der Waals surface area contributed by atoms with Crippen LogP contribution < -0.4 is 9.80 Å². The van der Waals surface area contributed by atoms with Gasteiger partial charge in [0.05, 0.1) is 6.20 Å². The summed E-state index contributed by atoms with van der Waals surface area (Å²) in [6.07, 6.45) is 2.79. The first-order valence-corrected chi connectivity index (χ1v) is 8.69. The Labute approximate surface area is 148 Å². The maximum absolute atomic E-state index is 4.80. The molecule has 0 N–H and O–H groups in total. The van der Waals surface area contributed by atoms with Crippen LogP contribution in [0.1, 0.15) is 18.1 Å². The molecule has 1 aliphatic heterocycles. The summed E-state index contributed by atoms with van der Waals surface area (Å²) in [5.41, 5.74) is 3.82. The number of nitrogens with zero attached hydrogens (tertiary/aromatic N) is 5. The molecule has 1 aliphatic rings. The van der Waals surface area contributed by atoms with E-state index in [0.29, 0.717) is 5.95 Å². The molecule has 0 radical (unpaired) electrons. The predicted octanol–water partition coefficient (Wildman–Crippen LogP) is 3.59. The van der Waals surface area contributed by atoms with Crippen molar-refractivity contribution >= 4 is 17.5 Å². The Morgan fingerprint density at radius 3 is 2.68 bits per heavy atom. The average Bonchev–Trinajstić information content (AvgIpc) is 3.11. The van der Waals surface area contributed by atoms with Crippen molar-refractivity contribution in [1.29, 1.82) is 0 Å². The van der Waals surface area contributed by atoms with Gasteiger partial charge in [0.2, 0.25) is 5.95 Å². The molecule has 2 heterocycles. The van der Waals surface area contributed by atoms with E-state index in [2.05, 4.69) is 75.5 Å². The molecule has 126 valence electrons. The smallest absolute Gasteiger partial charge is 0.247 e. The van der Waals surface area contributed by atoms with Gasteiger partial charge >= 0.3 is 0 Å². The van der Waals surface area contributed by atoms with Gasteiger partial charge in [-0.1, -0.05) is 48.5 Å². The van der Waals surface area contributed by atoms with Gasteiger partial charge in [-0.05, 0) is 30.5 Å². The van der Waals surface area contributed by atoms with Crippen molar-refractivity contribution in [1.82, 2.24) is 15.2 Å². The maximum Gasteiger partial charge on any atom is 0.247 e. The molecule has 5 nitrogen and oxygen atoms in total. The van der Waals surface area contributed by atoms with Gasteiger partial charge in [-0.3, -0.25) is 0 Å². The van der Waals surface area contributed by atoms with Gasteiger partial charge in [0, 0.05) is 25.3 Å². The van der Waals surface area contributed by atoms with Crippen LogP contribution in [-0.4, -0.2) is 28.3 Å². The molecule has 0 spiro atoms. The number of hydrogen-bond acceptors (Lipinski definition) is 5. The highest BCUT2D eigenvalue weighted by Crippen LogP contribution is 2.33. The molecular formula is C20H21N5. The molecule has 0 atom stereocenters. The lowest BCUT2D eigenvalue weighted by Crippen LogP contribution is -2.26. The Morgan fingerprint density at radius 1 is 1.04 bits per heavy atom. The number of hydrogen-bond donors (Lipinski definition) is 0. The van der Waals surface area contributed by atoms with Gasteiger partial charge in [0.15, 0.2) is 5.82 Å². The van der Waals surface area contributed by atoms with E-state index in [9.17, 15) is 0 Å². The fourth-order valence-corrected chi connectivity index (χ4v) is 3.25. The van der Waals surface area contributed by atoms with E-state index in [1.807, 2.05) is 6.07 Å². The number of para-hydroxylation sites is 1. The number of benzene rings is 2. The van der Waals surface area contributed by atoms with Crippen molar-refractivity contribution in [3.8, 4) is 0 Å². The molecule has 2 aromatic carbocycles. The molecule has 0 saturated heterocycles. The van der Waals surface area contributed by atoms with Crippen LogP contribution in [0.25, 0.3) is 0 Å². The second-order valence-corrected chi connectivity index (χ2v) is 6.14. The largest absolute Gasteiger partial charge is 0.335 e. The molecule has 1 aromatic heterocycles. The van der Waals surface area contributed by atoms with Crippen molar-refractivity contribution in [2.45, 2.75) is 19.9 Å². The molecule has 4 rings (SSSR count). The zero-order chi connectivity index (χ0) is 17.1. The second-order valence-electron chi connectivity index (χ2n) is 6.14. The summed E-state index contributed by atoms with van der Waals surface area (Å²) >= 11 is 0. The minimum atomic E-state index is 0.674. The van der Waals surface area contributed by atoms with Crippen LogP contribution in [0.4, 0.5) is 17.5 Å². The minimum Gasteiger partial charge on any atom is -0.335 e. The summed E-state index contributed by atoms with van der Waals surface area (Å²) in [7, 11) is 0. The summed E-state index contributed by atoms with van der Waals surface area (Å²) in [6, 6.07) is 18.9. The molecule has 5 heteroatoms. The van der Waals surface area contributed by atoms with Crippen LogP contribution in [-0.2, 0) is 13.0 Å². The van der Waals surface area contributed by atoms with E-state index < -0.39 is 0 Å². The normalized spacial score (nSPS) is 12.9. The summed E-state index contributed by atoms with van der Waals surface area (Å²) in [5, 5.41) is 8.49. The molecule has 0 amide bonds. The van der Waals surface area contributed by atoms with Crippen molar-refractivity contribution in [3.05, 3.63) is 71.9 Å². The van der Waals surface area contributed by atoms with E-state index in [-0.39, 0.29) is 0 Å². The molecule has 0 aliphatic carbocycles. The predicted molar refractivity (Wildman–Crippen MR) is 100 cm³/mol. The Morgan fingerprint density at radius 2 is 1.84 bits per heavy atom. The van der Waals surface area contributed by atoms with Crippen LogP contribution in [0.15, 0.2) is 60.8 Å². The number of anilines is 3. The van der Waals surface area contributed by atoms with E-state index >= 15 is 0 Å². The lowest BCUT2D eigenvalue weighted by Gasteiger charge is -2.23. The Bertz CT molecular complexity index is 849. The lowest BCUT2D eigenvalue weighted by molar-refractivity contribution is 0.766. The fraction of sp³-hybridized carbons (Fsp3) is 0.250. The summed E-state index contributed by atoms with van der Waals surface area (Å²) in [4.78, 5) is 9.17. The molecular weight excluding hydrogens is 310 g/mol. The maximum atomic E-state index is 4.80. The fourth-order valence-electron chi connectivity index (χ4n) is 3.25. The standard InChI is InChI=1S/C20H21N5/c1-2-24(15-16-8-4-3-5-9-16)20-22-19(14-21-23-20)25-13-12-17-10-6-7-11-18(17)25/h3-11,14H,2,12-13,15H2,1H3. The van der Waals surface area contributed by atoms with Gasteiger partial charge in [-0.25, -0.2) is 0 Å². The van der Waals surface area contributed by atoms with Crippen LogP contribution in [0.5, 0.6) is 0 Å². The van der Waals surface area contributed by atoms with Gasteiger partial charge in [-0.15, -0.1) is 5.10 Å². The zero-order valence-electron chi connectivity index (χ0n) is 14.3. The third kappa shape index (κ3) is 3.18. The summed E-state index contributed by atoms with van der Waals surface area (Å²) in [6.45, 7) is 4.65. The Kier molecular flexibility index (Phi) is 4.29. The molecule has 25 heavy (non-hydrogen) atoms. The third-order valence-electron chi connectivity index (χ3n) is 4.58. The molecule has 0 unspecified atom stereocenters. The van der Waals surface area contributed by atoms with Crippen molar-refractivity contribution in [2.24, 2.45) is 0 Å². The van der Waals surface area contributed by atoms with Gasteiger partial charge in [0.25, 0.3) is 0 Å². The monoisotopic (exact) mass is 331 g/mol. The summed E-state index contributed by atoms with van der Waals surface area (Å²) in [5.74, 6) is 1.54. The number of rotatable bonds is 5. The quantitative estimate of drug-likeness (QED) is 0.715. The van der Waals surface area contributed by atoms with Crippen molar-refractivity contribution in [3.63, 3.8) is 0 Å². The molecule has 0 bridgehead atoms. The molecule has 0 fully saturated rings. The van der Waals surface area contributed by atoms with E-state index in [1.54, 1.807) is 6.20 Å². The highest BCUT2D eigenvalue weighted by atomic mass is 15.3. The Balaban J connectivity index is 1.61. The topological polar surface area (TPSA) is 45.2 Å². The summed E-state index contributed by atoms with van der Waals surface area (Å²) < 4.78 is 0. The molecule has 3 aromatic rings. The Hall–Kier alpha value is -2.95. The van der Waals surface area contributed by atoms with Crippen LogP contribution in [0.3, 0.4) is 0 Å². The first-order valence-electron chi connectivity index (χ1n) is 8.69. The van der Waals surface area contributed by atoms with Crippen molar-refractivity contribution < 1.29 is 0 Å². The van der Waals surface area contributed by atoms with E-state index in [1.165, 1.54) is 16.8 Å². The van der Waals surface area contributed by atoms with Crippen molar-refractivity contribution in [2.75, 3.05) is 22.9 Å². The second kappa shape index (κ2) is 6.89. The van der Waals surface area contributed by atoms with Crippen LogP contribution in [0, 0.1) is 0 Å². The zero-order valence-corrected chi connectivity index (χ0v) is 14.3. The third-order valence-corrected chi connectivity index (χ3v) is 4.58. The lowest BCUT2D eigenvalue weighted by atomic mass is 10.2. The van der Waals surface area contributed by atoms with Gasteiger partial charge in [-0.2, -0.15) is 10.1 Å². The first kappa shape index (κ1) is 15.6. The van der Waals surface area contributed by atoms with Crippen LogP contribution >= 0.6 is 0 Å². The highest BCUT2D eigenvalue weighted by Gasteiger charge is 2.22. The minimum absolute atomic E-state index is 0.674. The van der Waals surface area contributed by atoms with E-state index in [4.69, 9.17) is 4.98 Å². The average molecular weight is 331 g/mol.